The Kier molecular flexibility index (Phi) is 6.12. The zero-order chi connectivity index (χ0) is 17.6. The van der Waals surface area contributed by atoms with Crippen molar-refractivity contribution in [1.82, 2.24) is 14.8 Å². The minimum atomic E-state index is -0.194. The van der Waals surface area contributed by atoms with E-state index in [0.29, 0.717) is 28.8 Å². The third-order valence-electron chi connectivity index (χ3n) is 4.20. The number of nitrogens with one attached hydrogen (secondary N) is 1. The van der Waals surface area contributed by atoms with Crippen LogP contribution in [0.15, 0.2) is 47.2 Å². The molecule has 132 valence electrons. The van der Waals surface area contributed by atoms with Crippen LogP contribution in [0.5, 0.6) is 0 Å². The summed E-state index contributed by atoms with van der Waals surface area (Å²) in [5.74, 6) is -0.236. The van der Waals surface area contributed by atoms with Gasteiger partial charge in [0.25, 0.3) is 0 Å². The van der Waals surface area contributed by atoms with Crippen molar-refractivity contribution in [2.45, 2.75) is 6.54 Å². The molecule has 0 bridgehead atoms. The maximum Gasteiger partial charge on any atom is 0.238 e. The molecule has 1 fully saturated rings. The van der Waals surface area contributed by atoms with Gasteiger partial charge < -0.3 is 5.32 Å². The third kappa shape index (κ3) is 5.07. The summed E-state index contributed by atoms with van der Waals surface area (Å²) >= 11 is 3.22. The summed E-state index contributed by atoms with van der Waals surface area (Å²) in [6.07, 6.45) is 3.30. The van der Waals surface area contributed by atoms with Gasteiger partial charge in [-0.25, -0.2) is 4.39 Å². The van der Waals surface area contributed by atoms with Crippen molar-refractivity contribution in [2.24, 2.45) is 0 Å². The van der Waals surface area contributed by atoms with Crippen LogP contribution in [0.2, 0.25) is 0 Å². The predicted octanol–water partition coefficient (Wildman–Crippen LogP) is 2.74. The van der Waals surface area contributed by atoms with E-state index in [4.69, 9.17) is 0 Å². The number of carbonyl (C=O) groups is 1. The van der Waals surface area contributed by atoms with Crippen LogP contribution in [0.25, 0.3) is 0 Å². The van der Waals surface area contributed by atoms with Crippen molar-refractivity contribution in [3.63, 3.8) is 0 Å². The van der Waals surface area contributed by atoms with Crippen molar-refractivity contribution >= 4 is 27.5 Å². The SMILES string of the molecule is O=C(CN1CCN(Cc2cccc(Br)c2F)CC1)Nc1cccnc1. The second-order valence-electron chi connectivity index (χ2n) is 6.06. The van der Waals surface area contributed by atoms with Crippen LogP contribution in [-0.2, 0) is 11.3 Å². The van der Waals surface area contributed by atoms with Crippen LogP contribution in [0, 0.1) is 5.82 Å². The fourth-order valence-corrected chi connectivity index (χ4v) is 3.26. The summed E-state index contributed by atoms with van der Waals surface area (Å²) < 4.78 is 14.6. The van der Waals surface area contributed by atoms with E-state index in [1.54, 1.807) is 24.5 Å². The first-order chi connectivity index (χ1) is 12.1. The zero-order valence-electron chi connectivity index (χ0n) is 13.8. The summed E-state index contributed by atoms with van der Waals surface area (Å²) in [5, 5.41) is 2.84. The molecule has 3 rings (SSSR count). The number of rotatable bonds is 5. The fourth-order valence-electron chi connectivity index (χ4n) is 2.86. The molecule has 1 aliphatic heterocycles. The molecule has 1 amide bonds. The molecule has 5 nitrogen and oxygen atoms in total. The quantitative estimate of drug-likeness (QED) is 0.828. The Labute approximate surface area is 155 Å². The van der Waals surface area contributed by atoms with Crippen LogP contribution in [0.4, 0.5) is 10.1 Å². The molecule has 0 saturated carbocycles. The van der Waals surface area contributed by atoms with Crippen LogP contribution in [0.1, 0.15) is 5.56 Å². The molecule has 0 radical (unpaired) electrons. The lowest BCUT2D eigenvalue weighted by Crippen LogP contribution is -2.48. The van der Waals surface area contributed by atoms with E-state index in [1.807, 2.05) is 18.2 Å². The number of hydrogen-bond acceptors (Lipinski definition) is 4. The summed E-state index contributed by atoms with van der Waals surface area (Å²) in [4.78, 5) is 20.4. The third-order valence-corrected chi connectivity index (χ3v) is 4.82. The van der Waals surface area contributed by atoms with Gasteiger partial charge in [-0.15, -0.1) is 0 Å². The topological polar surface area (TPSA) is 48.5 Å². The standard InChI is InChI=1S/C18H20BrFN4O/c19-16-5-1-3-14(18(16)20)12-23-7-9-24(10-8-23)13-17(25)22-15-4-2-6-21-11-15/h1-6,11H,7-10,12-13H2,(H,22,25). The molecule has 0 unspecified atom stereocenters. The average molecular weight is 407 g/mol. The monoisotopic (exact) mass is 406 g/mol. The van der Waals surface area contributed by atoms with Crippen LogP contribution >= 0.6 is 15.9 Å². The largest absolute Gasteiger partial charge is 0.324 e. The van der Waals surface area contributed by atoms with E-state index in [9.17, 15) is 9.18 Å². The van der Waals surface area contributed by atoms with E-state index in [2.05, 4.69) is 36.0 Å². The van der Waals surface area contributed by atoms with E-state index < -0.39 is 0 Å². The van der Waals surface area contributed by atoms with Gasteiger partial charge >= 0.3 is 0 Å². The van der Waals surface area contributed by atoms with Crippen molar-refractivity contribution in [2.75, 3.05) is 38.0 Å². The molecule has 2 aromatic rings. The molecule has 0 aliphatic carbocycles. The highest BCUT2D eigenvalue weighted by molar-refractivity contribution is 9.10. The number of piperazine rings is 1. The number of benzene rings is 1. The lowest BCUT2D eigenvalue weighted by molar-refractivity contribution is -0.117. The maximum atomic E-state index is 14.1. The number of halogens is 2. The molecule has 0 spiro atoms. The Morgan fingerprint density at radius 3 is 2.64 bits per heavy atom. The Balaban J connectivity index is 1.45. The normalized spacial score (nSPS) is 15.9. The minimum absolute atomic E-state index is 0.0421. The molecule has 1 aromatic carbocycles. The molecule has 2 heterocycles. The molecule has 1 aliphatic rings. The molecular weight excluding hydrogens is 387 g/mol. The highest BCUT2D eigenvalue weighted by Gasteiger charge is 2.20. The van der Waals surface area contributed by atoms with E-state index >= 15 is 0 Å². The predicted molar refractivity (Wildman–Crippen MR) is 98.7 cm³/mol. The van der Waals surface area contributed by atoms with Crippen LogP contribution < -0.4 is 5.32 Å². The molecule has 1 saturated heterocycles. The average Bonchev–Trinajstić information content (AvgIpc) is 2.61. The Morgan fingerprint density at radius 1 is 1.16 bits per heavy atom. The second kappa shape index (κ2) is 8.51. The van der Waals surface area contributed by atoms with Gasteiger partial charge in [0, 0.05) is 44.5 Å². The van der Waals surface area contributed by atoms with Crippen molar-refractivity contribution in [3.05, 3.63) is 58.6 Å². The molecule has 25 heavy (non-hydrogen) atoms. The van der Waals surface area contributed by atoms with Crippen molar-refractivity contribution in [3.8, 4) is 0 Å². The number of hydrogen-bond donors (Lipinski definition) is 1. The van der Waals surface area contributed by atoms with Gasteiger partial charge in [0.1, 0.15) is 5.82 Å². The first kappa shape index (κ1) is 18.0. The van der Waals surface area contributed by atoms with Crippen LogP contribution in [-0.4, -0.2) is 53.4 Å². The highest BCUT2D eigenvalue weighted by atomic mass is 79.9. The fraction of sp³-hybridized carbons (Fsp3) is 0.333. The van der Waals surface area contributed by atoms with Crippen molar-refractivity contribution < 1.29 is 9.18 Å². The van der Waals surface area contributed by atoms with Gasteiger partial charge in [-0.05, 0) is 34.1 Å². The molecule has 1 N–H and O–H groups in total. The zero-order valence-corrected chi connectivity index (χ0v) is 15.4. The summed E-state index contributed by atoms with van der Waals surface area (Å²) in [6.45, 7) is 4.14. The Morgan fingerprint density at radius 2 is 1.92 bits per heavy atom. The summed E-state index contributed by atoms with van der Waals surface area (Å²) in [7, 11) is 0. The van der Waals surface area contributed by atoms with Gasteiger partial charge in [0.05, 0.1) is 22.9 Å². The van der Waals surface area contributed by atoms with Gasteiger partial charge in [-0.3, -0.25) is 19.6 Å². The van der Waals surface area contributed by atoms with Gasteiger partial charge in [0.2, 0.25) is 5.91 Å². The number of amides is 1. The van der Waals surface area contributed by atoms with Gasteiger partial charge in [0.15, 0.2) is 0 Å². The Hall–Kier alpha value is -1.83. The molecular formula is C18H20BrFN4O. The van der Waals surface area contributed by atoms with Gasteiger partial charge in [-0.2, -0.15) is 0 Å². The first-order valence-electron chi connectivity index (χ1n) is 8.19. The minimum Gasteiger partial charge on any atom is -0.324 e. The van der Waals surface area contributed by atoms with Crippen molar-refractivity contribution in [1.29, 1.82) is 0 Å². The number of aromatic nitrogens is 1. The number of pyridine rings is 1. The lowest BCUT2D eigenvalue weighted by Gasteiger charge is -2.34. The van der Waals surface area contributed by atoms with E-state index in [1.165, 1.54) is 0 Å². The second-order valence-corrected chi connectivity index (χ2v) is 6.91. The maximum absolute atomic E-state index is 14.1. The first-order valence-corrected chi connectivity index (χ1v) is 8.98. The Bertz CT molecular complexity index is 720. The molecule has 7 heteroatoms. The number of carbonyl (C=O) groups excluding carboxylic acids is 1. The summed E-state index contributed by atoms with van der Waals surface area (Å²) in [5.41, 5.74) is 1.40. The molecule has 1 aromatic heterocycles. The smallest absolute Gasteiger partial charge is 0.238 e. The number of anilines is 1. The summed E-state index contributed by atoms with van der Waals surface area (Å²) in [6, 6.07) is 8.97. The van der Waals surface area contributed by atoms with Gasteiger partial charge in [-0.1, -0.05) is 12.1 Å². The van der Waals surface area contributed by atoms with E-state index in [-0.39, 0.29) is 11.7 Å². The van der Waals surface area contributed by atoms with E-state index in [0.717, 1.165) is 26.2 Å². The highest BCUT2D eigenvalue weighted by Crippen LogP contribution is 2.20. The molecule has 0 atom stereocenters. The lowest BCUT2D eigenvalue weighted by atomic mass is 10.2. The van der Waals surface area contributed by atoms with Crippen LogP contribution in [0.3, 0.4) is 0 Å². The number of nitrogens with zero attached hydrogens (tertiary/aromatic N) is 3.